The number of nitrogens with zero attached hydrogens (tertiary/aromatic N) is 2. The van der Waals surface area contributed by atoms with Gasteiger partial charge in [0.2, 0.25) is 5.88 Å². The van der Waals surface area contributed by atoms with E-state index in [1.807, 2.05) is 27.7 Å². The third-order valence-corrected chi connectivity index (χ3v) is 2.88. The molecule has 0 radical (unpaired) electrons. The standard InChI is InChI=1S/C12H19N3O3/c1-7-5-9-8(10(13)18-14-9)6-15(7)11(16)17-12(2,3)4/h7H,5-6,13H2,1-4H3. The van der Waals surface area contributed by atoms with Crippen molar-refractivity contribution in [2.45, 2.75) is 52.3 Å². The first-order valence-electron chi connectivity index (χ1n) is 6.00. The van der Waals surface area contributed by atoms with Crippen LogP contribution >= 0.6 is 0 Å². The van der Waals surface area contributed by atoms with Gasteiger partial charge in [0.25, 0.3) is 0 Å². The van der Waals surface area contributed by atoms with Gasteiger partial charge in [0.05, 0.1) is 17.8 Å². The molecule has 0 bridgehead atoms. The van der Waals surface area contributed by atoms with E-state index >= 15 is 0 Å². The first-order chi connectivity index (χ1) is 8.28. The van der Waals surface area contributed by atoms with Crippen LogP contribution in [0, 0.1) is 0 Å². The van der Waals surface area contributed by atoms with Gasteiger partial charge in [0.15, 0.2) is 0 Å². The van der Waals surface area contributed by atoms with Gasteiger partial charge in [-0.25, -0.2) is 4.79 Å². The lowest BCUT2D eigenvalue weighted by Gasteiger charge is -2.34. The largest absolute Gasteiger partial charge is 0.444 e. The molecule has 6 nitrogen and oxygen atoms in total. The van der Waals surface area contributed by atoms with Crippen LogP contribution in [0.3, 0.4) is 0 Å². The molecule has 0 saturated heterocycles. The smallest absolute Gasteiger partial charge is 0.410 e. The van der Waals surface area contributed by atoms with Crippen molar-refractivity contribution in [2.24, 2.45) is 0 Å². The highest BCUT2D eigenvalue weighted by molar-refractivity contribution is 5.69. The summed E-state index contributed by atoms with van der Waals surface area (Å²) in [5, 5.41) is 3.90. The topological polar surface area (TPSA) is 81.6 Å². The Morgan fingerprint density at radius 3 is 2.83 bits per heavy atom. The van der Waals surface area contributed by atoms with Gasteiger partial charge in [-0.15, -0.1) is 0 Å². The van der Waals surface area contributed by atoms with Crippen molar-refractivity contribution in [3.05, 3.63) is 11.3 Å². The van der Waals surface area contributed by atoms with Crippen LogP contribution in [0.2, 0.25) is 0 Å². The van der Waals surface area contributed by atoms with Crippen LogP contribution in [0.25, 0.3) is 0 Å². The molecular weight excluding hydrogens is 234 g/mol. The van der Waals surface area contributed by atoms with E-state index in [1.54, 1.807) is 4.90 Å². The van der Waals surface area contributed by atoms with E-state index in [4.69, 9.17) is 15.0 Å². The molecule has 1 unspecified atom stereocenters. The van der Waals surface area contributed by atoms with Gasteiger partial charge in [-0.2, -0.15) is 0 Å². The van der Waals surface area contributed by atoms with Gasteiger partial charge in [-0.05, 0) is 27.7 Å². The molecular formula is C12H19N3O3. The maximum Gasteiger partial charge on any atom is 0.410 e. The van der Waals surface area contributed by atoms with Crippen molar-refractivity contribution in [1.82, 2.24) is 10.1 Å². The molecule has 1 aromatic rings. The number of carbonyl (C=O) groups excluding carboxylic acids is 1. The van der Waals surface area contributed by atoms with Gasteiger partial charge in [-0.1, -0.05) is 5.16 Å². The Balaban J connectivity index is 2.16. The number of aromatic nitrogens is 1. The molecule has 1 aliphatic rings. The number of ether oxygens (including phenoxy) is 1. The van der Waals surface area contributed by atoms with Crippen molar-refractivity contribution >= 4 is 12.0 Å². The van der Waals surface area contributed by atoms with Crippen LogP contribution in [-0.4, -0.2) is 27.8 Å². The molecule has 2 heterocycles. The summed E-state index contributed by atoms with van der Waals surface area (Å²) in [4.78, 5) is 13.7. The molecule has 6 heteroatoms. The van der Waals surface area contributed by atoms with E-state index < -0.39 is 5.60 Å². The molecule has 1 amide bonds. The van der Waals surface area contributed by atoms with Crippen molar-refractivity contribution in [3.8, 4) is 0 Å². The van der Waals surface area contributed by atoms with Crippen LogP contribution in [0.1, 0.15) is 39.0 Å². The third-order valence-electron chi connectivity index (χ3n) is 2.88. The Morgan fingerprint density at radius 1 is 1.56 bits per heavy atom. The van der Waals surface area contributed by atoms with Gasteiger partial charge in [0.1, 0.15) is 5.60 Å². The molecule has 0 spiro atoms. The predicted molar refractivity (Wildman–Crippen MR) is 65.9 cm³/mol. The van der Waals surface area contributed by atoms with E-state index in [2.05, 4.69) is 5.16 Å². The second-order valence-electron chi connectivity index (χ2n) is 5.63. The van der Waals surface area contributed by atoms with Gasteiger partial charge >= 0.3 is 6.09 Å². The van der Waals surface area contributed by atoms with Crippen LogP contribution in [-0.2, 0) is 17.7 Å². The zero-order chi connectivity index (χ0) is 13.5. The minimum atomic E-state index is -0.503. The molecule has 0 aliphatic carbocycles. The zero-order valence-electron chi connectivity index (χ0n) is 11.2. The van der Waals surface area contributed by atoms with E-state index in [0.717, 1.165) is 11.3 Å². The summed E-state index contributed by atoms with van der Waals surface area (Å²) in [5.74, 6) is 0.283. The van der Waals surface area contributed by atoms with Crippen molar-refractivity contribution < 1.29 is 14.1 Å². The Morgan fingerprint density at radius 2 is 2.22 bits per heavy atom. The van der Waals surface area contributed by atoms with Crippen LogP contribution < -0.4 is 5.73 Å². The zero-order valence-corrected chi connectivity index (χ0v) is 11.2. The maximum atomic E-state index is 12.1. The lowest BCUT2D eigenvalue weighted by Crippen LogP contribution is -2.45. The lowest BCUT2D eigenvalue weighted by atomic mass is 10.0. The van der Waals surface area contributed by atoms with E-state index in [1.165, 1.54) is 0 Å². The van der Waals surface area contributed by atoms with Crippen LogP contribution in [0.4, 0.5) is 10.7 Å². The van der Waals surface area contributed by atoms with Gasteiger partial charge < -0.3 is 19.9 Å². The first kappa shape index (κ1) is 12.7. The average molecular weight is 253 g/mol. The van der Waals surface area contributed by atoms with Crippen molar-refractivity contribution in [3.63, 3.8) is 0 Å². The highest BCUT2D eigenvalue weighted by Crippen LogP contribution is 2.28. The summed E-state index contributed by atoms with van der Waals surface area (Å²) in [6, 6.07) is 0.0249. The highest BCUT2D eigenvalue weighted by atomic mass is 16.6. The molecule has 2 rings (SSSR count). The highest BCUT2D eigenvalue weighted by Gasteiger charge is 2.33. The number of amides is 1. The predicted octanol–water partition coefficient (Wildman–Crippen LogP) is 1.94. The van der Waals surface area contributed by atoms with E-state index in [0.29, 0.717) is 13.0 Å². The number of carbonyl (C=O) groups is 1. The molecule has 100 valence electrons. The third kappa shape index (κ3) is 2.42. The Hall–Kier alpha value is -1.72. The summed E-state index contributed by atoms with van der Waals surface area (Å²) in [5.41, 5.74) is 6.81. The monoisotopic (exact) mass is 253 g/mol. The second kappa shape index (κ2) is 4.19. The number of rotatable bonds is 0. The number of nitrogens with two attached hydrogens (primary N) is 1. The minimum absolute atomic E-state index is 0.0249. The molecule has 2 N–H and O–H groups in total. The fourth-order valence-corrected chi connectivity index (χ4v) is 1.97. The molecule has 1 aromatic heterocycles. The summed E-state index contributed by atoms with van der Waals surface area (Å²) in [6.07, 6.45) is 0.302. The van der Waals surface area contributed by atoms with E-state index in [9.17, 15) is 4.79 Å². The fraction of sp³-hybridized carbons (Fsp3) is 0.667. The minimum Gasteiger partial charge on any atom is -0.444 e. The first-order valence-corrected chi connectivity index (χ1v) is 6.00. The van der Waals surface area contributed by atoms with Crippen LogP contribution in [0.15, 0.2) is 4.52 Å². The number of anilines is 1. The van der Waals surface area contributed by atoms with Crippen molar-refractivity contribution in [2.75, 3.05) is 5.73 Å². The summed E-state index contributed by atoms with van der Waals surface area (Å²) < 4.78 is 10.3. The Bertz CT molecular complexity index is 462. The number of fused-ring (bicyclic) bond motifs is 1. The summed E-state index contributed by atoms with van der Waals surface area (Å²) in [7, 11) is 0. The Kier molecular flexibility index (Phi) is 2.96. The summed E-state index contributed by atoms with van der Waals surface area (Å²) in [6.45, 7) is 7.88. The quantitative estimate of drug-likeness (QED) is 0.764. The second-order valence-corrected chi connectivity index (χ2v) is 5.63. The number of nitrogen functional groups attached to an aromatic ring is 1. The molecule has 0 fully saturated rings. The van der Waals surface area contributed by atoms with Crippen molar-refractivity contribution in [1.29, 1.82) is 0 Å². The number of hydrogen-bond acceptors (Lipinski definition) is 5. The lowest BCUT2D eigenvalue weighted by molar-refractivity contribution is 0.0138. The molecule has 1 atom stereocenters. The van der Waals surface area contributed by atoms with Gasteiger partial charge in [-0.3, -0.25) is 0 Å². The molecule has 0 saturated carbocycles. The molecule has 0 aromatic carbocycles. The normalized spacial score (nSPS) is 19.6. The molecule has 18 heavy (non-hydrogen) atoms. The maximum absolute atomic E-state index is 12.1. The average Bonchev–Trinajstić information content (AvgIpc) is 2.56. The number of hydrogen-bond donors (Lipinski definition) is 1. The van der Waals surface area contributed by atoms with Gasteiger partial charge in [0, 0.05) is 12.5 Å². The fourth-order valence-electron chi connectivity index (χ4n) is 1.97. The SMILES string of the molecule is CC1Cc2noc(N)c2CN1C(=O)OC(C)(C)C. The van der Waals surface area contributed by atoms with Crippen LogP contribution in [0.5, 0.6) is 0 Å². The summed E-state index contributed by atoms with van der Waals surface area (Å²) >= 11 is 0. The Labute approximate surface area is 106 Å². The molecule has 1 aliphatic heterocycles. The van der Waals surface area contributed by atoms with E-state index in [-0.39, 0.29) is 18.0 Å².